The highest BCUT2D eigenvalue weighted by atomic mass is 35.5. The first-order valence-corrected chi connectivity index (χ1v) is 7.63. The highest BCUT2D eigenvalue weighted by Crippen LogP contribution is 2.28. The molecule has 0 radical (unpaired) electrons. The summed E-state index contributed by atoms with van der Waals surface area (Å²) in [6, 6.07) is 5.97. The van der Waals surface area contributed by atoms with Gasteiger partial charge in [0.15, 0.2) is 0 Å². The summed E-state index contributed by atoms with van der Waals surface area (Å²) in [5.74, 6) is -1.48. The maximum Gasteiger partial charge on any atom is 0.339 e. The number of carbonyl (C=O) groups excluding carboxylic acids is 2. The minimum atomic E-state index is -0.745. The minimum absolute atomic E-state index is 0.0317. The summed E-state index contributed by atoms with van der Waals surface area (Å²) in [5.41, 5.74) is 0.359. The Morgan fingerprint density at radius 1 is 1.04 bits per heavy atom. The Balaban J connectivity index is 2.53. The summed E-state index contributed by atoms with van der Waals surface area (Å²) in [6.45, 7) is 1.55. The predicted molar refractivity (Wildman–Crippen MR) is 92.4 cm³/mol. The lowest BCUT2D eigenvalue weighted by Gasteiger charge is -2.12. The molecule has 0 spiro atoms. The first-order valence-electron chi connectivity index (χ1n) is 7.25. The Morgan fingerprint density at radius 2 is 1.72 bits per heavy atom. The first-order chi connectivity index (χ1) is 11.9. The van der Waals surface area contributed by atoms with Crippen LogP contribution in [0.15, 0.2) is 33.5 Å². The van der Waals surface area contributed by atoms with Gasteiger partial charge in [-0.2, -0.15) is 0 Å². The first kappa shape index (κ1) is 17.0. The van der Waals surface area contributed by atoms with E-state index in [1.807, 2.05) is 0 Å². The molecule has 1 heterocycles. The van der Waals surface area contributed by atoms with E-state index >= 15 is 0 Å². The smallest absolute Gasteiger partial charge is 0.339 e. The lowest BCUT2D eigenvalue weighted by molar-refractivity contribution is 0.0555. The van der Waals surface area contributed by atoms with E-state index < -0.39 is 11.9 Å². The number of esters is 2. The maximum atomic E-state index is 12.9. The van der Waals surface area contributed by atoms with Gasteiger partial charge >= 0.3 is 11.9 Å². The zero-order valence-corrected chi connectivity index (χ0v) is 14.4. The molecule has 2 aromatic carbocycles. The lowest BCUT2D eigenvalue weighted by atomic mass is 9.96. The van der Waals surface area contributed by atoms with Crippen molar-refractivity contribution in [3.05, 3.63) is 56.2 Å². The molecular formula is C18H13ClO6. The van der Waals surface area contributed by atoms with Gasteiger partial charge in [-0.15, -0.1) is 0 Å². The molecule has 0 N–H and O–H groups in total. The van der Waals surface area contributed by atoms with Crippen molar-refractivity contribution in [3.8, 4) is 0 Å². The molecule has 6 nitrogen and oxygen atoms in total. The van der Waals surface area contributed by atoms with E-state index in [1.54, 1.807) is 19.1 Å². The topological polar surface area (TPSA) is 82.8 Å². The largest absolute Gasteiger partial charge is 0.465 e. The van der Waals surface area contributed by atoms with Crippen LogP contribution in [-0.2, 0) is 9.47 Å². The van der Waals surface area contributed by atoms with E-state index in [0.29, 0.717) is 10.6 Å². The second kappa shape index (κ2) is 6.22. The van der Waals surface area contributed by atoms with Crippen molar-refractivity contribution >= 4 is 45.5 Å². The number of rotatable bonds is 2. The quantitative estimate of drug-likeness (QED) is 0.514. The molecule has 0 saturated carbocycles. The highest BCUT2D eigenvalue weighted by Gasteiger charge is 2.25. The van der Waals surface area contributed by atoms with Gasteiger partial charge in [0, 0.05) is 5.02 Å². The molecule has 0 aliphatic carbocycles. The van der Waals surface area contributed by atoms with Crippen molar-refractivity contribution < 1.29 is 23.5 Å². The van der Waals surface area contributed by atoms with Crippen molar-refractivity contribution in [2.45, 2.75) is 6.92 Å². The zero-order valence-electron chi connectivity index (χ0n) is 13.6. The molecule has 0 amide bonds. The van der Waals surface area contributed by atoms with Crippen molar-refractivity contribution in [2.24, 2.45) is 0 Å². The second-order valence-corrected chi connectivity index (χ2v) is 5.79. The number of hydrogen-bond donors (Lipinski definition) is 0. The predicted octanol–water partition coefficient (Wildman–Crippen LogP) is 3.48. The number of hydrogen-bond acceptors (Lipinski definition) is 6. The minimum Gasteiger partial charge on any atom is -0.465 e. The van der Waals surface area contributed by atoms with Crippen LogP contribution in [0.1, 0.15) is 26.3 Å². The highest BCUT2D eigenvalue weighted by molar-refractivity contribution is 6.31. The molecule has 0 unspecified atom stereocenters. The molecule has 0 atom stereocenters. The monoisotopic (exact) mass is 360 g/mol. The van der Waals surface area contributed by atoms with E-state index in [2.05, 4.69) is 0 Å². The lowest BCUT2D eigenvalue weighted by Crippen LogP contribution is -2.16. The van der Waals surface area contributed by atoms with E-state index in [9.17, 15) is 14.4 Å². The number of benzene rings is 2. The number of ether oxygens (including phenoxy) is 2. The van der Waals surface area contributed by atoms with E-state index in [1.165, 1.54) is 26.4 Å². The number of carbonyl (C=O) groups is 2. The van der Waals surface area contributed by atoms with Gasteiger partial charge in [0.25, 0.3) is 0 Å². The zero-order chi connectivity index (χ0) is 18.3. The maximum absolute atomic E-state index is 12.9. The Hall–Kier alpha value is -2.86. The Labute approximate surface area is 146 Å². The number of methoxy groups -OCH3 is 2. The SMILES string of the molecule is COC(=O)c1cc2oc3ccc(Cl)cc3c(=O)c2c(C)c1C(=O)OC. The molecule has 25 heavy (non-hydrogen) atoms. The third-order valence-electron chi connectivity index (χ3n) is 3.97. The van der Waals surface area contributed by atoms with E-state index in [0.717, 1.165) is 0 Å². The second-order valence-electron chi connectivity index (χ2n) is 5.35. The van der Waals surface area contributed by atoms with Crippen molar-refractivity contribution in [1.29, 1.82) is 0 Å². The summed E-state index contributed by atoms with van der Waals surface area (Å²) in [7, 11) is 2.39. The summed E-state index contributed by atoms with van der Waals surface area (Å²) in [4.78, 5) is 37.1. The summed E-state index contributed by atoms with van der Waals surface area (Å²) in [5, 5.41) is 0.851. The average molecular weight is 361 g/mol. The average Bonchev–Trinajstić information content (AvgIpc) is 2.60. The molecule has 0 bridgehead atoms. The number of halogens is 1. The number of fused-ring (bicyclic) bond motifs is 2. The Bertz CT molecular complexity index is 1100. The van der Waals surface area contributed by atoms with Crippen LogP contribution >= 0.6 is 11.6 Å². The summed E-state index contributed by atoms with van der Waals surface area (Å²) in [6.07, 6.45) is 0. The molecule has 1 aromatic heterocycles. The third-order valence-corrected chi connectivity index (χ3v) is 4.20. The molecule has 0 aliphatic rings. The molecule has 0 fully saturated rings. The van der Waals surface area contributed by atoms with Gasteiger partial charge in [0.05, 0.1) is 36.1 Å². The Morgan fingerprint density at radius 3 is 2.36 bits per heavy atom. The van der Waals surface area contributed by atoms with Crippen LogP contribution in [0.3, 0.4) is 0 Å². The van der Waals surface area contributed by atoms with Crippen LogP contribution in [0.4, 0.5) is 0 Å². The Kier molecular flexibility index (Phi) is 4.22. The van der Waals surface area contributed by atoms with Gasteiger partial charge in [-0.3, -0.25) is 4.79 Å². The molecule has 0 aliphatic heterocycles. The van der Waals surface area contributed by atoms with Gasteiger partial charge in [0.2, 0.25) is 5.43 Å². The fourth-order valence-corrected chi connectivity index (χ4v) is 2.98. The molecule has 3 rings (SSSR count). The van der Waals surface area contributed by atoms with Gasteiger partial charge < -0.3 is 13.9 Å². The van der Waals surface area contributed by atoms with Crippen LogP contribution < -0.4 is 5.43 Å². The van der Waals surface area contributed by atoms with Crippen LogP contribution in [0, 0.1) is 6.92 Å². The van der Waals surface area contributed by atoms with E-state index in [-0.39, 0.29) is 38.5 Å². The van der Waals surface area contributed by atoms with Crippen LogP contribution in [0.2, 0.25) is 5.02 Å². The van der Waals surface area contributed by atoms with Crippen LogP contribution in [0.5, 0.6) is 0 Å². The van der Waals surface area contributed by atoms with Gasteiger partial charge in [-0.1, -0.05) is 11.6 Å². The molecule has 0 saturated heterocycles. The fraction of sp³-hybridized carbons (Fsp3) is 0.167. The summed E-state index contributed by atoms with van der Waals surface area (Å²) < 4.78 is 15.2. The molecule has 7 heteroatoms. The van der Waals surface area contributed by atoms with Gasteiger partial charge in [0.1, 0.15) is 11.2 Å². The number of aryl methyl sites for hydroxylation is 1. The molecular weight excluding hydrogens is 348 g/mol. The van der Waals surface area contributed by atoms with Gasteiger partial charge in [-0.25, -0.2) is 9.59 Å². The van der Waals surface area contributed by atoms with Crippen molar-refractivity contribution in [3.63, 3.8) is 0 Å². The third kappa shape index (κ3) is 2.64. The van der Waals surface area contributed by atoms with E-state index in [4.69, 9.17) is 25.5 Å². The molecule has 128 valence electrons. The fourth-order valence-electron chi connectivity index (χ4n) is 2.81. The van der Waals surface area contributed by atoms with Crippen molar-refractivity contribution in [2.75, 3.05) is 14.2 Å². The van der Waals surface area contributed by atoms with Crippen LogP contribution in [-0.4, -0.2) is 26.2 Å². The normalized spacial score (nSPS) is 10.9. The molecule has 3 aromatic rings. The van der Waals surface area contributed by atoms with Crippen LogP contribution in [0.25, 0.3) is 21.9 Å². The van der Waals surface area contributed by atoms with Gasteiger partial charge in [-0.05, 0) is 36.8 Å². The van der Waals surface area contributed by atoms with Crippen molar-refractivity contribution in [1.82, 2.24) is 0 Å². The summed E-state index contributed by atoms with van der Waals surface area (Å²) >= 11 is 5.96. The standard InChI is InChI=1S/C18H13ClO6/c1-8-14(18(22)24-3)11(17(21)23-2)7-13-15(8)16(20)10-6-9(19)4-5-12(10)25-13/h4-7H,1-3H3.